The molecule has 0 unspecified atom stereocenters. The summed E-state index contributed by atoms with van der Waals surface area (Å²) < 4.78 is 5.19. The van der Waals surface area contributed by atoms with Crippen molar-refractivity contribution >= 4 is 23.6 Å². The minimum Gasteiger partial charge on any atom is -0.480 e. The highest BCUT2D eigenvalue weighted by Crippen LogP contribution is 2.27. The van der Waals surface area contributed by atoms with Crippen LogP contribution in [0.5, 0.6) is 0 Å². The van der Waals surface area contributed by atoms with Gasteiger partial charge in [0.05, 0.1) is 0 Å². The molecule has 0 aromatic carbocycles. The molecule has 5 nitrogen and oxygen atoms in total. The molecule has 104 valence electrons. The number of amides is 1. The molecule has 1 saturated heterocycles. The quantitative estimate of drug-likeness (QED) is 0.684. The van der Waals surface area contributed by atoms with Gasteiger partial charge in [-0.15, -0.1) is 0 Å². The Hall–Kier alpha value is -0.750. The molecular weight excluding hydrogens is 254 g/mol. The molecule has 0 radical (unpaired) electrons. The van der Waals surface area contributed by atoms with Crippen LogP contribution in [0.3, 0.4) is 0 Å². The molecule has 0 spiro atoms. The van der Waals surface area contributed by atoms with Crippen molar-refractivity contribution in [1.82, 2.24) is 5.32 Å². The van der Waals surface area contributed by atoms with Gasteiger partial charge in [0.2, 0.25) is 5.91 Å². The third-order valence-electron chi connectivity index (χ3n) is 3.01. The fraction of sp³-hybridized carbons (Fsp3) is 0.833. The summed E-state index contributed by atoms with van der Waals surface area (Å²) in [5.41, 5.74) is -1.09. The predicted molar refractivity (Wildman–Crippen MR) is 70.8 cm³/mol. The lowest BCUT2D eigenvalue weighted by atomic mass is 9.92. The maximum atomic E-state index is 11.7. The van der Waals surface area contributed by atoms with Crippen LogP contribution < -0.4 is 5.32 Å². The smallest absolute Gasteiger partial charge is 0.329 e. The molecule has 0 saturated carbocycles. The van der Waals surface area contributed by atoms with Gasteiger partial charge in [-0.05, 0) is 30.8 Å². The van der Waals surface area contributed by atoms with Crippen molar-refractivity contribution < 1.29 is 19.4 Å². The van der Waals surface area contributed by atoms with Gasteiger partial charge in [-0.25, -0.2) is 4.79 Å². The monoisotopic (exact) mass is 275 g/mol. The Morgan fingerprint density at radius 1 is 1.39 bits per heavy atom. The van der Waals surface area contributed by atoms with Gasteiger partial charge in [0, 0.05) is 6.61 Å². The largest absolute Gasteiger partial charge is 0.480 e. The summed E-state index contributed by atoms with van der Waals surface area (Å²) in [6, 6.07) is 0. The number of unbranched alkanes of at least 4 members (excludes halogenated alkanes) is 1. The number of nitrogens with one attached hydrogen (secondary N) is 1. The molecule has 2 N–H and O–H groups in total. The number of ether oxygens (including phenoxy) is 1. The van der Waals surface area contributed by atoms with E-state index in [-0.39, 0.29) is 12.5 Å². The Bertz CT molecular complexity index is 290. The first-order valence-corrected chi connectivity index (χ1v) is 7.46. The van der Waals surface area contributed by atoms with Gasteiger partial charge < -0.3 is 15.2 Å². The van der Waals surface area contributed by atoms with Crippen molar-refractivity contribution in [1.29, 1.82) is 0 Å². The molecule has 0 bridgehead atoms. The minimum atomic E-state index is -1.09. The van der Waals surface area contributed by atoms with Crippen LogP contribution in [0.25, 0.3) is 0 Å². The summed E-state index contributed by atoms with van der Waals surface area (Å²) in [7, 11) is 0. The molecule has 0 aromatic rings. The second-order valence-electron chi connectivity index (χ2n) is 4.45. The molecule has 6 heteroatoms. The van der Waals surface area contributed by atoms with E-state index in [1.165, 1.54) is 0 Å². The third-order valence-corrected chi connectivity index (χ3v) is 4.00. The average Bonchev–Trinajstić information content (AvgIpc) is 2.35. The molecule has 1 heterocycles. The molecule has 1 amide bonds. The van der Waals surface area contributed by atoms with E-state index in [1.54, 1.807) is 11.8 Å². The van der Waals surface area contributed by atoms with Crippen LogP contribution in [0, 0.1) is 0 Å². The van der Waals surface area contributed by atoms with Gasteiger partial charge in [-0.1, -0.05) is 13.3 Å². The number of hydrogen-bond donors (Lipinski definition) is 2. The van der Waals surface area contributed by atoms with Gasteiger partial charge in [-0.2, -0.15) is 11.8 Å². The summed E-state index contributed by atoms with van der Waals surface area (Å²) in [4.78, 5) is 23.0. The van der Waals surface area contributed by atoms with Crippen LogP contribution in [-0.4, -0.2) is 47.2 Å². The summed E-state index contributed by atoms with van der Waals surface area (Å²) in [5.74, 6) is 0.261. The molecular formula is C12H21NO4S. The highest BCUT2D eigenvalue weighted by molar-refractivity contribution is 7.99. The normalized spacial score (nSPS) is 18.3. The van der Waals surface area contributed by atoms with Crippen LogP contribution in [-0.2, 0) is 14.3 Å². The first-order chi connectivity index (χ1) is 8.60. The highest BCUT2D eigenvalue weighted by atomic mass is 32.2. The number of hydrogen-bond acceptors (Lipinski definition) is 4. The van der Waals surface area contributed by atoms with E-state index in [1.807, 2.05) is 6.92 Å². The topological polar surface area (TPSA) is 75.6 Å². The lowest BCUT2D eigenvalue weighted by molar-refractivity contribution is -0.148. The van der Waals surface area contributed by atoms with Crippen molar-refractivity contribution in [3.05, 3.63) is 0 Å². The third kappa shape index (κ3) is 4.49. The van der Waals surface area contributed by atoms with E-state index in [4.69, 9.17) is 4.74 Å². The molecule has 1 rings (SSSR count). The van der Waals surface area contributed by atoms with Crippen LogP contribution in [0.4, 0.5) is 0 Å². The van der Waals surface area contributed by atoms with Crippen molar-refractivity contribution in [2.45, 2.75) is 38.1 Å². The predicted octanol–water partition coefficient (Wildman–Crippen LogP) is 1.27. The highest BCUT2D eigenvalue weighted by Gasteiger charge is 2.41. The summed E-state index contributed by atoms with van der Waals surface area (Å²) in [6.07, 6.45) is 2.88. The minimum absolute atomic E-state index is 0.0534. The average molecular weight is 275 g/mol. The van der Waals surface area contributed by atoms with E-state index in [9.17, 15) is 14.7 Å². The zero-order valence-electron chi connectivity index (χ0n) is 10.7. The summed E-state index contributed by atoms with van der Waals surface area (Å²) in [6.45, 7) is 2.53. The fourth-order valence-electron chi connectivity index (χ4n) is 1.83. The first-order valence-electron chi connectivity index (χ1n) is 6.30. The summed E-state index contributed by atoms with van der Waals surface area (Å²) >= 11 is 1.72. The van der Waals surface area contributed by atoms with Crippen molar-refractivity contribution in [2.75, 3.05) is 24.7 Å². The number of carboxylic acid groups (broad SMARTS) is 1. The zero-order valence-corrected chi connectivity index (χ0v) is 11.6. The van der Waals surface area contributed by atoms with E-state index in [0.29, 0.717) is 19.4 Å². The van der Waals surface area contributed by atoms with Crippen molar-refractivity contribution in [3.8, 4) is 0 Å². The molecule has 1 aliphatic rings. The van der Waals surface area contributed by atoms with E-state index in [0.717, 1.165) is 24.3 Å². The molecule has 0 aliphatic carbocycles. The Morgan fingerprint density at radius 3 is 2.61 bits per heavy atom. The first kappa shape index (κ1) is 15.3. The Kier molecular flexibility index (Phi) is 6.49. The Balaban J connectivity index is 2.41. The molecule has 1 fully saturated rings. The molecule has 18 heavy (non-hydrogen) atoms. The van der Waals surface area contributed by atoms with E-state index >= 15 is 0 Å². The van der Waals surface area contributed by atoms with Crippen LogP contribution in [0.15, 0.2) is 0 Å². The fourth-order valence-corrected chi connectivity index (χ4v) is 3.02. The summed E-state index contributed by atoms with van der Waals surface area (Å²) in [5, 5.41) is 11.9. The van der Waals surface area contributed by atoms with Gasteiger partial charge in [0.1, 0.15) is 12.1 Å². The lowest BCUT2D eigenvalue weighted by Gasteiger charge is -2.33. The zero-order chi connectivity index (χ0) is 13.4. The van der Waals surface area contributed by atoms with Crippen LogP contribution >= 0.6 is 11.8 Å². The number of carboxylic acids is 1. The SMILES string of the molecule is CCCCOCC(=O)NC1(C(=O)O)CCSCC1. The number of carbonyl (C=O) groups excluding carboxylic acids is 1. The lowest BCUT2D eigenvalue weighted by Crippen LogP contribution is -2.57. The van der Waals surface area contributed by atoms with Crippen molar-refractivity contribution in [3.63, 3.8) is 0 Å². The Labute approximate surface area is 112 Å². The van der Waals surface area contributed by atoms with Crippen molar-refractivity contribution in [2.24, 2.45) is 0 Å². The Morgan fingerprint density at radius 2 is 2.06 bits per heavy atom. The van der Waals surface area contributed by atoms with Gasteiger partial charge in [0.25, 0.3) is 0 Å². The standard InChI is InChI=1S/C12H21NO4S/c1-2-3-6-17-9-10(14)13-12(11(15)16)4-7-18-8-5-12/h2-9H2,1H3,(H,13,14)(H,15,16). The van der Waals surface area contributed by atoms with Gasteiger partial charge in [0.15, 0.2) is 0 Å². The molecule has 0 atom stereocenters. The maximum absolute atomic E-state index is 11.7. The van der Waals surface area contributed by atoms with Crippen LogP contribution in [0.2, 0.25) is 0 Å². The van der Waals surface area contributed by atoms with E-state index < -0.39 is 11.5 Å². The van der Waals surface area contributed by atoms with Crippen LogP contribution in [0.1, 0.15) is 32.6 Å². The van der Waals surface area contributed by atoms with Gasteiger partial charge >= 0.3 is 5.97 Å². The number of aliphatic carboxylic acids is 1. The van der Waals surface area contributed by atoms with Gasteiger partial charge in [-0.3, -0.25) is 4.79 Å². The number of carbonyl (C=O) groups is 2. The number of rotatable bonds is 7. The second-order valence-corrected chi connectivity index (χ2v) is 5.68. The second kappa shape index (κ2) is 7.63. The number of thioether (sulfide) groups is 1. The maximum Gasteiger partial charge on any atom is 0.329 e. The van der Waals surface area contributed by atoms with E-state index in [2.05, 4.69) is 5.32 Å². The molecule has 0 aromatic heterocycles. The molecule has 1 aliphatic heterocycles.